The van der Waals surface area contributed by atoms with Gasteiger partial charge in [-0.25, -0.2) is 0 Å². The second-order valence-corrected chi connectivity index (χ2v) is 4.12. The molecular formula is C12H17NO3. The van der Waals surface area contributed by atoms with E-state index in [4.69, 9.17) is 4.74 Å². The van der Waals surface area contributed by atoms with Crippen molar-refractivity contribution in [3.8, 4) is 5.75 Å². The first-order valence-electron chi connectivity index (χ1n) is 5.43. The fraction of sp³-hybridized carbons (Fsp3) is 0.500. The van der Waals surface area contributed by atoms with E-state index in [1.54, 1.807) is 7.11 Å². The number of ether oxygens (including phenoxy) is 1. The lowest BCUT2D eigenvalue weighted by Gasteiger charge is -2.16. The van der Waals surface area contributed by atoms with E-state index in [-0.39, 0.29) is 6.04 Å². The SMILES string of the molecule is COc1ccc(C[C@H]2NC[C@@H](O)[C@@H]2O)cc1. The molecule has 1 aliphatic rings. The number of rotatable bonds is 3. The van der Waals surface area contributed by atoms with E-state index in [1.807, 2.05) is 24.3 Å². The molecule has 2 rings (SSSR count). The maximum Gasteiger partial charge on any atom is 0.118 e. The van der Waals surface area contributed by atoms with E-state index in [9.17, 15) is 10.2 Å². The summed E-state index contributed by atoms with van der Waals surface area (Å²) in [5, 5.41) is 22.2. The summed E-state index contributed by atoms with van der Waals surface area (Å²) in [6.07, 6.45) is -0.618. The first-order chi connectivity index (χ1) is 7.70. The molecule has 1 saturated heterocycles. The number of β-amino-alcohol motifs (C(OH)–C–C–N with tert-alkyl or cyclic N) is 1. The van der Waals surface area contributed by atoms with Crippen molar-refractivity contribution in [2.24, 2.45) is 0 Å². The largest absolute Gasteiger partial charge is 0.497 e. The van der Waals surface area contributed by atoms with E-state index < -0.39 is 12.2 Å². The zero-order chi connectivity index (χ0) is 11.5. The van der Waals surface area contributed by atoms with Gasteiger partial charge in [-0.15, -0.1) is 0 Å². The molecule has 1 heterocycles. The fourth-order valence-corrected chi connectivity index (χ4v) is 1.99. The van der Waals surface area contributed by atoms with Gasteiger partial charge in [0.1, 0.15) is 5.75 Å². The summed E-state index contributed by atoms with van der Waals surface area (Å²) in [5.74, 6) is 0.823. The number of nitrogens with one attached hydrogen (secondary N) is 1. The molecule has 1 fully saturated rings. The van der Waals surface area contributed by atoms with Crippen molar-refractivity contribution in [1.82, 2.24) is 5.32 Å². The topological polar surface area (TPSA) is 61.7 Å². The van der Waals surface area contributed by atoms with Gasteiger partial charge in [-0.3, -0.25) is 0 Å². The number of hydrogen-bond acceptors (Lipinski definition) is 4. The molecule has 1 aromatic carbocycles. The van der Waals surface area contributed by atoms with Crippen LogP contribution >= 0.6 is 0 Å². The van der Waals surface area contributed by atoms with Gasteiger partial charge in [0.2, 0.25) is 0 Å². The van der Waals surface area contributed by atoms with Gasteiger partial charge >= 0.3 is 0 Å². The van der Waals surface area contributed by atoms with Crippen molar-refractivity contribution in [3.63, 3.8) is 0 Å². The summed E-state index contributed by atoms with van der Waals surface area (Å²) in [6, 6.07) is 7.67. The highest BCUT2D eigenvalue weighted by molar-refractivity contribution is 5.28. The predicted octanol–water partition coefficient (Wildman–Crippen LogP) is -0.0687. The molecule has 4 heteroatoms. The molecule has 0 aliphatic carbocycles. The summed E-state index contributed by atoms with van der Waals surface area (Å²) >= 11 is 0. The third-order valence-electron chi connectivity index (χ3n) is 3.01. The van der Waals surface area contributed by atoms with Crippen LogP contribution in [0, 0.1) is 0 Å². The molecule has 0 unspecified atom stereocenters. The minimum absolute atomic E-state index is 0.0663. The minimum Gasteiger partial charge on any atom is -0.497 e. The summed E-state index contributed by atoms with van der Waals surface area (Å²) in [4.78, 5) is 0. The Balaban J connectivity index is 1.98. The van der Waals surface area contributed by atoms with E-state index >= 15 is 0 Å². The molecular weight excluding hydrogens is 206 g/mol. The molecule has 0 aromatic heterocycles. The van der Waals surface area contributed by atoms with Crippen LogP contribution in [-0.2, 0) is 6.42 Å². The fourth-order valence-electron chi connectivity index (χ4n) is 1.99. The van der Waals surface area contributed by atoms with Crippen molar-refractivity contribution < 1.29 is 14.9 Å². The zero-order valence-corrected chi connectivity index (χ0v) is 9.26. The molecule has 0 radical (unpaired) electrons. The Bertz CT molecular complexity index is 339. The van der Waals surface area contributed by atoms with Crippen LogP contribution in [0.2, 0.25) is 0 Å². The van der Waals surface area contributed by atoms with Crippen molar-refractivity contribution in [2.75, 3.05) is 13.7 Å². The number of benzene rings is 1. The van der Waals surface area contributed by atoms with Gasteiger partial charge in [0.25, 0.3) is 0 Å². The minimum atomic E-state index is -0.679. The standard InChI is InChI=1S/C12H17NO3/c1-16-9-4-2-8(3-5-9)6-10-12(15)11(14)7-13-10/h2-5,10-15H,6-7H2,1H3/t10-,11-,12-/m1/s1. The van der Waals surface area contributed by atoms with E-state index in [0.717, 1.165) is 11.3 Å². The Morgan fingerprint density at radius 3 is 2.50 bits per heavy atom. The second kappa shape index (κ2) is 4.82. The normalized spacial score (nSPS) is 29.3. The highest BCUT2D eigenvalue weighted by atomic mass is 16.5. The number of aliphatic hydroxyl groups is 2. The predicted molar refractivity (Wildman–Crippen MR) is 60.5 cm³/mol. The quantitative estimate of drug-likeness (QED) is 0.671. The van der Waals surface area contributed by atoms with Gasteiger partial charge in [0.15, 0.2) is 0 Å². The Morgan fingerprint density at radius 1 is 1.31 bits per heavy atom. The molecule has 3 atom stereocenters. The number of hydrogen-bond donors (Lipinski definition) is 3. The molecule has 3 N–H and O–H groups in total. The van der Waals surface area contributed by atoms with Gasteiger partial charge in [-0.05, 0) is 24.1 Å². The van der Waals surface area contributed by atoms with Crippen LogP contribution in [0.5, 0.6) is 5.75 Å². The molecule has 88 valence electrons. The smallest absolute Gasteiger partial charge is 0.118 e. The molecule has 1 aromatic rings. The Morgan fingerprint density at radius 2 is 2.00 bits per heavy atom. The molecule has 0 bridgehead atoms. The van der Waals surface area contributed by atoms with Crippen molar-refractivity contribution in [2.45, 2.75) is 24.7 Å². The number of aliphatic hydroxyl groups excluding tert-OH is 2. The van der Waals surface area contributed by atoms with Crippen molar-refractivity contribution >= 4 is 0 Å². The molecule has 1 aliphatic heterocycles. The summed E-state index contributed by atoms with van der Waals surface area (Å²) in [5.41, 5.74) is 1.12. The summed E-state index contributed by atoms with van der Waals surface area (Å²) < 4.78 is 5.07. The lowest BCUT2D eigenvalue weighted by atomic mass is 10.0. The molecule has 0 saturated carbocycles. The average molecular weight is 223 g/mol. The summed E-state index contributed by atoms with van der Waals surface area (Å²) in [7, 11) is 1.63. The van der Waals surface area contributed by atoms with Gasteiger partial charge in [-0.2, -0.15) is 0 Å². The van der Waals surface area contributed by atoms with Crippen LogP contribution in [0.1, 0.15) is 5.56 Å². The molecule has 0 spiro atoms. The van der Waals surface area contributed by atoms with Gasteiger partial charge in [-0.1, -0.05) is 12.1 Å². The van der Waals surface area contributed by atoms with Crippen LogP contribution in [0.3, 0.4) is 0 Å². The van der Waals surface area contributed by atoms with Crippen LogP contribution < -0.4 is 10.1 Å². The summed E-state index contributed by atoms with van der Waals surface area (Å²) in [6.45, 7) is 0.460. The molecule has 4 nitrogen and oxygen atoms in total. The Labute approximate surface area is 94.9 Å². The average Bonchev–Trinajstić information content (AvgIpc) is 2.62. The van der Waals surface area contributed by atoms with E-state index in [0.29, 0.717) is 13.0 Å². The zero-order valence-electron chi connectivity index (χ0n) is 9.26. The highest BCUT2D eigenvalue weighted by Gasteiger charge is 2.32. The lowest BCUT2D eigenvalue weighted by Crippen LogP contribution is -2.34. The third kappa shape index (κ3) is 2.35. The third-order valence-corrected chi connectivity index (χ3v) is 3.01. The van der Waals surface area contributed by atoms with Gasteiger partial charge < -0.3 is 20.3 Å². The maximum atomic E-state index is 9.68. The molecule has 16 heavy (non-hydrogen) atoms. The van der Waals surface area contributed by atoms with Gasteiger partial charge in [0, 0.05) is 12.6 Å². The van der Waals surface area contributed by atoms with Gasteiger partial charge in [0.05, 0.1) is 19.3 Å². The monoisotopic (exact) mass is 223 g/mol. The second-order valence-electron chi connectivity index (χ2n) is 4.12. The van der Waals surface area contributed by atoms with Crippen molar-refractivity contribution in [1.29, 1.82) is 0 Å². The Hall–Kier alpha value is -1.10. The van der Waals surface area contributed by atoms with Crippen LogP contribution in [0.4, 0.5) is 0 Å². The highest BCUT2D eigenvalue weighted by Crippen LogP contribution is 2.16. The first kappa shape index (κ1) is 11.4. The lowest BCUT2D eigenvalue weighted by molar-refractivity contribution is 0.0408. The van der Waals surface area contributed by atoms with Crippen LogP contribution in [0.25, 0.3) is 0 Å². The maximum absolute atomic E-state index is 9.68. The number of methoxy groups -OCH3 is 1. The Kier molecular flexibility index (Phi) is 3.43. The van der Waals surface area contributed by atoms with Crippen LogP contribution in [-0.4, -0.2) is 42.1 Å². The van der Waals surface area contributed by atoms with Crippen LogP contribution in [0.15, 0.2) is 24.3 Å². The van der Waals surface area contributed by atoms with E-state index in [2.05, 4.69) is 5.32 Å². The van der Waals surface area contributed by atoms with E-state index in [1.165, 1.54) is 0 Å². The first-order valence-corrected chi connectivity index (χ1v) is 5.43. The van der Waals surface area contributed by atoms with Crippen molar-refractivity contribution in [3.05, 3.63) is 29.8 Å². The molecule has 0 amide bonds.